The standard InChI is InChI=1S/C31H30O6/c1-34-25-13-7-23(8-14-25)20-36-30-18-12-22(11-17-29(33)27-5-3-4-6-28(27)32)19-31(30)37-21-24-9-15-26(35-2)16-10-24/h5-19,32H,3-4,20-21H2,1-2H3/b17-11+. The van der Waals surface area contributed by atoms with E-state index in [4.69, 9.17) is 18.9 Å². The van der Waals surface area contributed by atoms with E-state index in [9.17, 15) is 9.90 Å². The third-order valence-corrected chi connectivity index (χ3v) is 5.90. The predicted octanol–water partition coefficient (Wildman–Crippen LogP) is 6.61. The number of allylic oxidation sites excluding steroid dienone is 4. The lowest BCUT2D eigenvalue weighted by Crippen LogP contribution is -2.04. The molecule has 0 amide bonds. The van der Waals surface area contributed by atoms with Crippen LogP contribution in [0.25, 0.3) is 6.08 Å². The number of carbonyl (C=O) groups is 1. The Morgan fingerprint density at radius 3 is 1.92 bits per heavy atom. The monoisotopic (exact) mass is 498 g/mol. The van der Waals surface area contributed by atoms with Gasteiger partial charge < -0.3 is 24.1 Å². The van der Waals surface area contributed by atoms with Crippen molar-refractivity contribution in [2.75, 3.05) is 14.2 Å². The highest BCUT2D eigenvalue weighted by atomic mass is 16.5. The molecule has 0 aliphatic heterocycles. The van der Waals surface area contributed by atoms with Crippen molar-refractivity contribution in [3.8, 4) is 23.0 Å². The normalized spacial score (nSPS) is 13.0. The zero-order valence-electron chi connectivity index (χ0n) is 21.0. The SMILES string of the molecule is COc1ccc(COc2ccc(/C=C/C(=O)C3=CCCC=C3O)cc2OCc2ccc(OC)cc2)cc1. The van der Waals surface area contributed by atoms with E-state index in [1.54, 1.807) is 32.4 Å². The maximum absolute atomic E-state index is 12.6. The summed E-state index contributed by atoms with van der Waals surface area (Å²) in [4.78, 5) is 12.6. The van der Waals surface area contributed by atoms with Gasteiger partial charge in [0.05, 0.1) is 19.8 Å². The molecule has 0 unspecified atom stereocenters. The quantitative estimate of drug-likeness (QED) is 0.300. The Morgan fingerprint density at radius 2 is 1.35 bits per heavy atom. The highest BCUT2D eigenvalue weighted by Crippen LogP contribution is 2.31. The summed E-state index contributed by atoms with van der Waals surface area (Å²) < 4.78 is 22.7. The second kappa shape index (κ2) is 12.5. The minimum absolute atomic E-state index is 0.0340. The molecule has 0 saturated carbocycles. The molecule has 0 spiro atoms. The van der Waals surface area contributed by atoms with Crippen LogP contribution in [0.2, 0.25) is 0 Å². The summed E-state index contributed by atoms with van der Waals surface area (Å²) in [6.07, 6.45) is 8.07. The first-order chi connectivity index (χ1) is 18.1. The number of ketones is 1. The highest BCUT2D eigenvalue weighted by molar-refractivity contribution is 6.09. The predicted molar refractivity (Wildman–Crippen MR) is 143 cm³/mol. The van der Waals surface area contributed by atoms with Gasteiger partial charge in [-0.25, -0.2) is 0 Å². The Bertz CT molecular complexity index is 1300. The number of carbonyl (C=O) groups excluding carboxylic acids is 1. The smallest absolute Gasteiger partial charge is 0.189 e. The summed E-state index contributed by atoms with van der Waals surface area (Å²) in [7, 11) is 3.26. The molecular weight excluding hydrogens is 468 g/mol. The van der Waals surface area contributed by atoms with Gasteiger partial charge in [0.15, 0.2) is 17.3 Å². The molecule has 0 fully saturated rings. The molecule has 0 radical (unpaired) electrons. The van der Waals surface area contributed by atoms with Crippen LogP contribution in [0.15, 0.2) is 96.3 Å². The molecule has 1 aliphatic rings. The van der Waals surface area contributed by atoms with Gasteiger partial charge in [-0.3, -0.25) is 4.79 Å². The first-order valence-electron chi connectivity index (χ1n) is 12.0. The van der Waals surface area contributed by atoms with Crippen molar-refractivity contribution < 1.29 is 28.8 Å². The van der Waals surface area contributed by atoms with E-state index in [1.165, 1.54) is 6.08 Å². The average molecular weight is 499 g/mol. The van der Waals surface area contributed by atoms with Crippen molar-refractivity contribution in [2.24, 2.45) is 0 Å². The van der Waals surface area contributed by atoms with Crippen LogP contribution in [0.5, 0.6) is 23.0 Å². The summed E-state index contributed by atoms with van der Waals surface area (Å²) in [5.41, 5.74) is 3.07. The Labute approximate surface area is 217 Å². The van der Waals surface area contributed by atoms with Gasteiger partial charge in [0.1, 0.15) is 30.5 Å². The number of benzene rings is 3. The fraction of sp³-hybridized carbons (Fsp3) is 0.194. The number of aliphatic hydroxyl groups excluding tert-OH is 1. The first kappa shape index (κ1) is 25.6. The van der Waals surface area contributed by atoms with E-state index in [0.29, 0.717) is 30.3 Å². The summed E-state index contributed by atoms with van der Waals surface area (Å²) in [6, 6.07) is 20.8. The van der Waals surface area contributed by atoms with Crippen LogP contribution in [0.1, 0.15) is 29.5 Å². The number of aliphatic hydroxyl groups is 1. The number of hydrogen-bond donors (Lipinski definition) is 1. The maximum atomic E-state index is 12.6. The van der Waals surface area contributed by atoms with Crippen LogP contribution < -0.4 is 18.9 Å². The summed E-state index contributed by atoms with van der Waals surface area (Å²) in [5.74, 6) is 2.49. The van der Waals surface area contributed by atoms with Crippen LogP contribution in [0.4, 0.5) is 0 Å². The van der Waals surface area contributed by atoms with Gasteiger partial charge in [-0.1, -0.05) is 42.5 Å². The van der Waals surface area contributed by atoms with Crippen molar-refractivity contribution in [1.82, 2.24) is 0 Å². The zero-order valence-corrected chi connectivity index (χ0v) is 21.0. The van der Waals surface area contributed by atoms with Gasteiger partial charge in [-0.15, -0.1) is 0 Å². The lowest BCUT2D eigenvalue weighted by atomic mass is 10.0. The molecule has 3 aromatic rings. The molecule has 1 aliphatic carbocycles. The first-order valence-corrected chi connectivity index (χ1v) is 12.0. The van der Waals surface area contributed by atoms with Gasteiger partial charge >= 0.3 is 0 Å². The summed E-state index contributed by atoms with van der Waals surface area (Å²) in [6.45, 7) is 0.691. The topological polar surface area (TPSA) is 74.2 Å². The maximum Gasteiger partial charge on any atom is 0.189 e. The lowest BCUT2D eigenvalue weighted by molar-refractivity contribution is -0.111. The average Bonchev–Trinajstić information content (AvgIpc) is 2.95. The molecule has 0 atom stereocenters. The van der Waals surface area contributed by atoms with Crippen LogP contribution in [-0.2, 0) is 18.0 Å². The van der Waals surface area contributed by atoms with Crippen molar-refractivity contribution in [3.05, 3.63) is 113 Å². The largest absolute Gasteiger partial charge is 0.508 e. The van der Waals surface area contributed by atoms with E-state index in [1.807, 2.05) is 66.7 Å². The Kier molecular flexibility index (Phi) is 8.66. The molecule has 1 N–H and O–H groups in total. The molecular formula is C31H30O6. The zero-order chi connectivity index (χ0) is 26.0. The van der Waals surface area contributed by atoms with Crippen LogP contribution in [0.3, 0.4) is 0 Å². The second-order valence-corrected chi connectivity index (χ2v) is 8.46. The molecule has 37 heavy (non-hydrogen) atoms. The van der Waals surface area contributed by atoms with Gasteiger partial charge in [-0.05, 0) is 78.1 Å². The van der Waals surface area contributed by atoms with Crippen molar-refractivity contribution in [2.45, 2.75) is 26.1 Å². The van der Waals surface area contributed by atoms with Gasteiger partial charge in [-0.2, -0.15) is 0 Å². The third-order valence-electron chi connectivity index (χ3n) is 5.90. The Balaban J connectivity index is 1.51. The lowest BCUT2D eigenvalue weighted by Gasteiger charge is -2.14. The van der Waals surface area contributed by atoms with E-state index in [-0.39, 0.29) is 11.5 Å². The summed E-state index contributed by atoms with van der Waals surface area (Å²) in [5, 5.41) is 10.00. The van der Waals surface area contributed by atoms with E-state index < -0.39 is 0 Å². The van der Waals surface area contributed by atoms with Gasteiger partial charge in [0.2, 0.25) is 0 Å². The van der Waals surface area contributed by atoms with Crippen LogP contribution in [0, 0.1) is 0 Å². The number of rotatable bonds is 11. The Hall–Kier alpha value is -4.45. The fourth-order valence-corrected chi connectivity index (χ4v) is 3.78. The van der Waals surface area contributed by atoms with Gasteiger partial charge in [0, 0.05) is 0 Å². The molecule has 190 valence electrons. The minimum Gasteiger partial charge on any atom is -0.508 e. The van der Waals surface area contributed by atoms with Crippen LogP contribution in [-0.4, -0.2) is 25.1 Å². The molecule has 6 nitrogen and oxygen atoms in total. The number of ether oxygens (including phenoxy) is 4. The Morgan fingerprint density at radius 1 is 0.784 bits per heavy atom. The highest BCUT2D eigenvalue weighted by Gasteiger charge is 2.14. The minimum atomic E-state index is -0.242. The van der Waals surface area contributed by atoms with Crippen molar-refractivity contribution >= 4 is 11.9 Å². The molecule has 0 aromatic heterocycles. The molecule has 0 bridgehead atoms. The molecule has 0 saturated heterocycles. The molecule has 0 heterocycles. The van der Waals surface area contributed by atoms with E-state index in [2.05, 4.69) is 0 Å². The number of hydrogen-bond acceptors (Lipinski definition) is 6. The van der Waals surface area contributed by atoms with Crippen molar-refractivity contribution in [3.63, 3.8) is 0 Å². The van der Waals surface area contributed by atoms with Crippen LogP contribution >= 0.6 is 0 Å². The second-order valence-electron chi connectivity index (χ2n) is 8.46. The van der Waals surface area contributed by atoms with E-state index >= 15 is 0 Å². The third kappa shape index (κ3) is 7.04. The number of methoxy groups -OCH3 is 2. The molecule has 4 rings (SSSR count). The molecule has 3 aromatic carbocycles. The van der Waals surface area contributed by atoms with E-state index in [0.717, 1.165) is 41.0 Å². The summed E-state index contributed by atoms with van der Waals surface area (Å²) >= 11 is 0. The van der Waals surface area contributed by atoms with Gasteiger partial charge in [0.25, 0.3) is 0 Å². The van der Waals surface area contributed by atoms with Crippen molar-refractivity contribution in [1.29, 1.82) is 0 Å². The molecule has 6 heteroatoms. The fourth-order valence-electron chi connectivity index (χ4n) is 3.78.